The van der Waals surface area contributed by atoms with E-state index in [0.717, 1.165) is 25.9 Å². The number of aliphatic hydroxyl groups is 1. The van der Waals surface area contributed by atoms with Gasteiger partial charge in [-0.05, 0) is 49.7 Å². The van der Waals surface area contributed by atoms with E-state index in [2.05, 4.69) is 30.9 Å². The van der Waals surface area contributed by atoms with E-state index in [9.17, 15) is 17.6 Å². The topological polar surface area (TPSA) is 104 Å². The molecule has 0 saturated carbocycles. The number of alkyl halides is 3. The number of pyridine rings is 1. The number of rotatable bonds is 8. The van der Waals surface area contributed by atoms with E-state index in [4.69, 9.17) is 9.84 Å². The van der Waals surface area contributed by atoms with Crippen LogP contribution >= 0.6 is 0 Å². The molecule has 0 bridgehead atoms. The number of piperidine rings is 1. The molecule has 3 aromatic rings. The third-order valence-corrected chi connectivity index (χ3v) is 5.37. The van der Waals surface area contributed by atoms with Gasteiger partial charge in [-0.25, -0.2) is 19.3 Å². The summed E-state index contributed by atoms with van der Waals surface area (Å²) in [5, 5.41) is 18.0. The highest BCUT2D eigenvalue weighted by molar-refractivity contribution is 5.66. The zero-order valence-electron chi connectivity index (χ0n) is 18.5. The van der Waals surface area contributed by atoms with Crippen molar-refractivity contribution in [1.29, 1.82) is 0 Å². The van der Waals surface area contributed by atoms with E-state index in [1.165, 1.54) is 24.4 Å². The number of hydrogen-bond donors (Lipinski definition) is 4. The number of anilines is 2. The molecule has 1 saturated heterocycles. The molecular formula is C23H24F4N6O2. The van der Waals surface area contributed by atoms with Crippen LogP contribution < -0.4 is 20.7 Å². The first-order chi connectivity index (χ1) is 16.8. The predicted octanol–water partition coefficient (Wildman–Crippen LogP) is 3.97. The molecule has 0 amide bonds. The van der Waals surface area contributed by atoms with Crippen LogP contribution in [0.3, 0.4) is 0 Å². The van der Waals surface area contributed by atoms with Crippen molar-refractivity contribution in [3.8, 4) is 22.9 Å². The summed E-state index contributed by atoms with van der Waals surface area (Å²) < 4.78 is 58.3. The van der Waals surface area contributed by atoms with Gasteiger partial charge in [0.1, 0.15) is 0 Å². The number of hydrogen-bond acceptors (Lipinski definition) is 8. The van der Waals surface area contributed by atoms with Gasteiger partial charge in [-0.1, -0.05) is 6.07 Å². The Morgan fingerprint density at radius 3 is 2.77 bits per heavy atom. The highest BCUT2D eigenvalue weighted by Crippen LogP contribution is 2.34. The first-order valence-electron chi connectivity index (χ1n) is 11.0. The van der Waals surface area contributed by atoms with Crippen molar-refractivity contribution in [1.82, 2.24) is 20.3 Å². The molecule has 4 N–H and O–H groups in total. The second-order valence-corrected chi connectivity index (χ2v) is 7.97. The molecular weight excluding hydrogens is 468 g/mol. The summed E-state index contributed by atoms with van der Waals surface area (Å²) in [6.07, 6.45) is -2.36. The van der Waals surface area contributed by atoms with Crippen molar-refractivity contribution in [2.75, 3.05) is 30.3 Å². The highest BCUT2D eigenvalue weighted by atomic mass is 19.4. The van der Waals surface area contributed by atoms with E-state index in [1.54, 1.807) is 24.4 Å². The first-order valence-corrected chi connectivity index (χ1v) is 11.0. The number of aromatic nitrogens is 3. The van der Waals surface area contributed by atoms with Gasteiger partial charge in [0.2, 0.25) is 11.8 Å². The zero-order valence-corrected chi connectivity index (χ0v) is 18.5. The SMILES string of the molecule is O[C@@H](CNc1cccc(Oc2ncccc2-c2ccnc(NC3CCCNC3)n2)c1F)C(F)(F)F. The van der Waals surface area contributed by atoms with Crippen LogP contribution in [-0.2, 0) is 0 Å². The van der Waals surface area contributed by atoms with E-state index < -0.39 is 24.6 Å². The summed E-state index contributed by atoms with van der Waals surface area (Å²) >= 11 is 0. The summed E-state index contributed by atoms with van der Waals surface area (Å²) in [6, 6.07) is 9.22. The van der Waals surface area contributed by atoms with E-state index in [-0.39, 0.29) is 23.4 Å². The predicted molar refractivity (Wildman–Crippen MR) is 122 cm³/mol. The normalized spacial score (nSPS) is 17.0. The molecule has 1 fully saturated rings. The van der Waals surface area contributed by atoms with Gasteiger partial charge in [-0.2, -0.15) is 13.2 Å². The third kappa shape index (κ3) is 6.34. The summed E-state index contributed by atoms with van der Waals surface area (Å²) in [6.45, 7) is 0.871. The third-order valence-electron chi connectivity index (χ3n) is 5.37. The molecule has 12 heteroatoms. The van der Waals surface area contributed by atoms with Gasteiger partial charge in [-0.3, -0.25) is 0 Å². The average molecular weight is 492 g/mol. The number of aliphatic hydroxyl groups excluding tert-OH is 1. The molecule has 186 valence electrons. The van der Waals surface area contributed by atoms with Gasteiger partial charge in [0.05, 0.1) is 16.9 Å². The van der Waals surface area contributed by atoms with E-state index in [0.29, 0.717) is 17.2 Å². The van der Waals surface area contributed by atoms with Crippen molar-refractivity contribution < 1.29 is 27.4 Å². The summed E-state index contributed by atoms with van der Waals surface area (Å²) in [4.78, 5) is 13.0. The van der Waals surface area contributed by atoms with Crippen molar-refractivity contribution in [2.24, 2.45) is 0 Å². The maximum Gasteiger partial charge on any atom is 0.416 e. The fourth-order valence-corrected chi connectivity index (χ4v) is 3.56. The Kier molecular flexibility index (Phi) is 7.61. The lowest BCUT2D eigenvalue weighted by atomic mass is 10.1. The summed E-state index contributed by atoms with van der Waals surface area (Å²) in [7, 11) is 0. The van der Waals surface area contributed by atoms with Crippen molar-refractivity contribution >= 4 is 11.6 Å². The fraction of sp³-hybridized carbons (Fsp3) is 0.348. The molecule has 35 heavy (non-hydrogen) atoms. The Morgan fingerprint density at radius 1 is 1.14 bits per heavy atom. The van der Waals surface area contributed by atoms with Gasteiger partial charge in [0.25, 0.3) is 0 Å². The largest absolute Gasteiger partial charge is 0.435 e. The Balaban J connectivity index is 1.53. The first kappa shape index (κ1) is 24.6. The molecule has 1 aromatic carbocycles. The van der Waals surface area contributed by atoms with Crippen LogP contribution in [0.2, 0.25) is 0 Å². The van der Waals surface area contributed by atoms with Crippen LogP contribution in [0, 0.1) is 5.82 Å². The molecule has 1 unspecified atom stereocenters. The van der Waals surface area contributed by atoms with Crippen LogP contribution in [-0.4, -0.2) is 58.0 Å². The number of nitrogens with one attached hydrogen (secondary N) is 3. The molecule has 1 aliphatic rings. The average Bonchev–Trinajstić information content (AvgIpc) is 2.85. The standard InChI is InChI=1S/C23H24F4N6O2/c24-20-17(31-13-19(34)23(25,26)27)6-1-7-18(20)35-21-15(5-3-10-29-21)16-8-11-30-22(33-16)32-14-4-2-9-28-12-14/h1,3,5-8,10-11,14,19,28,31,34H,2,4,9,12-13H2,(H,30,32,33)/t14?,19-/m0/s1. The molecule has 8 nitrogen and oxygen atoms in total. The molecule has 0 aliphatic carbocycles. The molecule has 0 radical (unpaired) electrons. The van der Waals surface area contributed by atoms with Crippen molar-refractivity contribution in [3.05, 3.63) is 54.6 Å². The Hall–Kier alpha value is -3.51. The monoisotopic (exact) mass is 492 g/mol. The van der Waals surface area contributed by atoms with Crippen molar-refractivity contribution in [3.63, 3.8) is 0 Å². The molecule has 2 atom stereocenters. The van der Waals surface area contributed by atoms with Gasteiger partial charge in [-0.15, -0.1) is 0 Å². The maximum atomic E-state index is 14.9. The second-order valence-electron chi connectivity index (χ2n) is 7.97. The van der Waals surface area contributed by atoms with Crippen LogP contribution in [0.5, 0.6) is 11.6 Å². The van der Waals surface area contributed by atoms with Gasteiger partial charge >= 0.3 is 6.18 Å². The molecule has 0 spiro atoms. The quantitative estimate of drug-likeness (QED) is 0.351. The minimum Gasteiger partial charge on any atom is -0.435 e. The van der Waals surface area contributed by atoms with Crippen LogP contribution in [0.25, 0.3) is 11.3 Å². The van der Waals surface area contributed by atoms with Gasteiger partial charge in [0.15, 0.2) is 17.7 Å². The second kappa shape index (κ2) is 10.8. The number of ether oxygens (including phenoxy) is 1. The Bertz CT molecular complexity index is 1140. The Labute approximate surface area is 198 Å². The van der Waals surface area contributed by atoms with Crippen molar-refractivity contribution in [2.45, 2.75) is 31.2 Å². The number of nitrogens with zero attached hydrogens (tertiary/aromatic N) is 3. The molecule has 1 aliphatic heterocycles. The van der Waals surface area contributed by atoms with Crippen LogP contribution in [0.1, 0.15) is 12.8 Å². The number of halogens is 4. The molecule has 2 aromatic heterocycles. The minimum atomic E-state index is -4.82. The molecule has 3 heterocycles. The van der Waals surface area contributed by atoms with Gasteiger partial charge < -0.3 is 25.8 Å². The smallest absolute Gasteiger partial charge is 0.416 e. The lowest BCUT2D eigenvalue weighted by Gasteiger charge is -2.23. The fourth-order valence-electron chi connectivity index (χ4n) is 3.56. The maximum absolute atomic E-state index is 14.9. The van der Waals surface area contributed by atoms with Crippen LogP contribution in [0.4, 0.5) is 29.2 Å². The number of benzene rings is 1. The zero-order chi connectivity index (χ0) is 24.8. The van der Waals surface area contributed by atoms with Crippen LogP contribution in [0.15, 0.2) is 48.8 Å². The Morgan fingerprint density at radius 2 is 2.00 bits per heavy atom. The highest BCUT2D eigenvalue weighted by Gasteiger charge is 2.38. The van der Waals surface area contributed by atoms with E-state index >= 15 is 0 Å². The molecule has 4 rings (SSSR count). The lowest BCUT2D eigenvalue weighted by molar-refractivity contribution is -0.198. The van der Waals surface area contributed by atoms with Gasteiger partial charge in [0, 0.05) is 31.5 Å². The van der Waals surface area contributed by atoms with E-state index in [1.807, 2.05) is 0 Å². The summed E-state index contributed by atoms with van der Waals surface area (Å²) in [5.74, 6) is -0.681. The lowest BCUT2D eigenvalue weighted by Crippen LogP contribution is -2.38. The summed E-state index contributed by atoms with van der Waals surface area (Å²) in [5.41, 5.74) is 0.722. The minimum absolute atomic E-state index is 0.0582.